The van der Waals surface area contributed by atoms with Gasteiger partial charge in [-0.2, -0.15) is 0 Å². The summed E-state index contributed by atoms with van der Waals surface area (Å²) in [6.45, 7) is 6.42. The van der Waals surface area contributed by atoms with E-state index < -0.39 is 0 Å². The number of nitrogens with one attached hydrogen (secondary N) is 1. The molecular weight excluding hydrogens is 382 g/mol. The second-order valence-corrected chi connectivity index (χ2v) is 7.89. The largest absolute Gasteiger partial charge is 0.378 e. The Morgan fingerprint density at radius 1 is 1.07 bits per heavy atom. The van der Waals surface area contributed by atoms with Crippen LogP contribution >= 0.6 is 0 Å². The molecule has 1 N–H and O–H groups in total. The molecule has 2 heterocycles. The molecule has 0 unspecified atom stereocenters. The Bertz CT molecular complexity index is 848. The number of aromatic nitrogens is 1. The highest BCUT2D eigenvalue weighted by Gasteiger charge is 2.25. The molecule has 8 heteroatoms. The van der Waals surface area contributed by atoms with Crippen LogP contribution in [0.4, 0.5) is 10.5 Å². The average Bonchev–Trinajstić information content (AvgIpc) is 3.06. The van der Waals surface area contributed by atoms with Gasteiger partial charge in [0.05, 0.1) is 12.1 Å². The summed E-state index contributed by atoms with van der Waals surface area (Å²) in [6.07, 6.45) is 1.08. The molecule has 0 saturated carbocycles. The highest BCUT2D eigenvalue weighted by molar-refractivity contribution is 5.80. The van der Waals surface area contributed by atoms with Gasteiger partial charge in [0.2, 0.25) is 5.91 Å². The third kappa shape index (κ3) is 5.31. The van der Waals surface area contributed by atoms with E-state index in [2.05, 4.69) is 39.6 Å². The van der Waals surface area contributed by atoms with Crippen molar-refractivity contribution in [1.82, 2.24) is 20.3 Å². The van der Waals surface area contributed by atoms with Crippen LogP contribution in [-0.2, 0) is 17.6 Å². The van der Waals surface area contributed by atoms with Gasteiger partial charge in [0.1, 0.15) is 5.76 Å². The first kappa shape index (κ1) is 21.7. The number of carbonyl (C=O) groups is 2. The van der Waals surface area contributed by atoms with E-state index in [4.69, 9.17) is 4.52 Å². The zero-order chi connectivity index (χ0) is 21.7. The number of urea groups is 1. The predicted molar refractivity (Wildman–Crippen MR) is 116 cm³/mol. The summed E-state index contributed by atoms with van der Waals surface area (Å²) >= 11 is 0. The molecule has 1 aliphatic heterocycles. The lowest BCUT2D eigenvalue weighted by Crippen LogP contribution is -2.53. The number of aryl methyl sites for hydroxylation is 2. The number of anilines is 1. The Morgan fingerprint density at radius 3 is 2.27 bits per heavy atom. The molecule has 1 aliphatic rings. The molecular formula is C22H31N5O3. The van der Waals surface area contributed by atoms with Gasteiger partial charge in [0.25, 0.3) is 0 Å². The molecule has 1 aromatic carbocycles. The first-order valence-corrected chi connectivity index (χ1v) is 10.3. The molecule has 0 spiro atoms. The minimum absolute atomic E-state index is 0.0469. The maximum Gasteiger partial charge on any atom is 0.317 e. The van der Waals surface area contributed by atoms with E-state index in [1.807, 2.05) is 32.8 Å². The second-order valence-electron chi connectivity index (χ2n) is 7.89. The fourth-order valence-corrected chi connectivity index (χ4v) is 3.56. The Balaban J connectivity index is 1.40. The van der Waals surface area contributed by atoms with Crippen molar-refractivity contribution in [2.45, 2.75) is 26.7 Å². The maximum atomic E-state index is 12.6. The minimum Gasteiger partial charge on any atom is -0.378 e. The van der Waals surface area contributed by atoms with Gasteiger partial charge >= 0.3 is 6.03 Å². The van der Waals surface area contributed by atoms with Gasteiger partial charge in [-0.1, -0.05) is 17.3 Å². The number of carbonyl (C=O) groups excluding carboxylic acids is 2. The Hall–Kier alpha value is -3.03. The van der Waals surface area contributed by atoms with Crippen LogP contribution < -0.4 is 10.2 Å². The topological polar surface area (TPSA) is 81.9 Å². The van der Waals surface area contributed by atoms with Crippen LogP contribution in [0.5, 0.6) is 0 Å². The monoisotopic (exact) mass is 413 g/mol. The van der Waals surface area contributed by atoms with Crippen LogP contribution in [0.15, 0.2) is 28.8 Å². The van der Waals surface area contributed by atoms with Crippen molar-refractivity contribution in [3.63, 3.8) is 0 Å². The van der Waals surface area contributed by atoms with Crippen LogP contribution in [0, 0.1) is 13.8 Å². The summed E-state index contributed by atoms with van der Waals surface area (Å²) in [5.41, 5.74) is 3.97. The van der Waals surface area contributed by atoms with Gasteiger partial charge in [0, 0.05) is 58.1 Å². The SMILES string of the molecule is Cc1noc(C)c1CC(=O)N1CCN(C(=O)NCCc2ccc(N(C)C)cc2)CC1. The molecule has 162 valence electrons. The highest BCUT2D eigenvalue weighted by atomic mass is 16.5. The summed E-state index contributed by atoms with van der Waals surface area (Å²) < 4.78 is 5.13. The minimum atomic E-state index is -0.0715. The smallest absolute Gasteiger partial charge is 0.317 e. The third-order valence-electron chi connectivity index (χ3n) is 5.57. The van der Waals surface area contributed by atoms with E-state index in [9.17, 15) is 9.59 Å². The molecule has 0 aliphatic carbocycles. The molecule has 2 aromatic rings. The number of piperazine rings is 1. The van der Waals surface area contributed by atoms with Crippen LogP contribution in [0.1, 0.15) is 22.6 Å². The number of amides is 3. The standard InChI is InChI=1S/C22H31N5O3/c1-16-20(17(2)30-24-16)15-21(28)26-11-13-27(14-12-26)22(29)23-10-9-18-5-7-19(8-6-18)25(3)4/h5-8H,9-15H2,1-4H3,(H,23,29). The number of rotatable bonds is 6. The van der Waals surface area contributed by atoms with E-state index in [0.717, 1.165) is 23.4 Å². The number of nitrogens with zero attached hydrogens (tertiary/aromatic N) is 4. The highest BCUT2D eigenvalue weighted by Crippen LogP contribution is 2.15. The van der Waals surface area contributed by atoms with E-state index in [-0.39, 0.29) is 11.9 Å². The Morgan fingerprint density at radius 2 is 1.70 bits per heavy atom. The molecule has 0 atom stereocenters. The first-order chi connectivity index (χ1) is 14.3. The lowest BCUT2D eigenvalue weighted by Gasteiger charge is -2.34. The van der Waals surface area contributed by atoms with Crippen LogP contribution in [0.2, 0.25) is 0 Å². The van der Waals surface area contributed by atoms with Crippen LogP contribution in [0.3, 0.4) is 0 Å². The van der Waals surface area contributed by atoms with Crippen molar-refractivity contribution in [2.75, 3.05) is 51.7 Å². The fraction of sp³-hybridized carbons (Fsp3) is 0.500. The first-order valence-electron chi connectivity index (χ1n) is 10.3. The van der Waals surface area contributed by atoms with Gasteiger partial charge in [-0.15, -0.1) is 0 Å². The van der Waals surface area contributed by atoms with E-state index in [1.165, 1.54) is 5.56 Å². The average molecular weight is 414 g/mol. The summed E-state index contributed by atoms with van der Waals surface area (Å²) in [5.74, 6) is 0.737. The summed E-state index contributed by atoms with van der Waals surface area (Å²) in [6, 6.07) is 8.26. The fourth-order valence-electron chi connectivity index (χ4n) is 3.56. The molecule has 0 radical (unpaired) electrons. The van der Waals surface area contributed by atoms with Gasteiger partial charge in [-0.25, -0.2) is 4.79 Å². The van der Waals surface area contributed by atoms with Crippen LogP contribution in [0.25, 0.3) is 0 Å². The predicted octanol–water partition coefficient (Wildman–Crippen LogP) is 2.00. The van der Waals surface area contributed by atoms with E-state index >= 15 is 0 Å². The van der Waals surface area contributed by atoms with Crippen molar-refractivity contribution in [2.24, 2.45) is 0 Å². The summed E-state index contributed by atoms with van der Waals surface area (Å²) in [5, 5.41) is 6.89. The molecule has 1 fully saturated rings. The van der Waals surface area contributed by atoms with Crippen molar-refractivity contribution >= 4 is 17.6 Å². The van der Waals surface area contributed by atoms with Crippen molar-refractivity contribution in [3.05, 3.63) is 46.8 Å². The molecule has 3 amide bonds. The summed E-state index contributed by atoms with van der Waals surface area (Å²) in [7, 11) is 4.03. The molecule has 3 rings (SSSR count). The number of hydrogen-bond donors (Lipinski definition) is 1. The van der Waals surface area contributed by atoms with Crippen molar-refractivity contribution in [1.29, 1.82) is 0 Å². The molecule has 0 bridgehead atoms. The third-order valence-corrected chi connectivity index (χ3v) is 5.57. The van der Waals surface area contributed by atoms with E-state index in [1.54, 1.807) is 4.90 Å². The van der Waals surface area contributed by atoms with Gasteiger partial charge < -0.3 is 24.5 Å². The molecule has 30 heavy (non-hydrogen) atoms. The zero-order valence-electron chi connectivity index (χ0n) is 18.3. The number of hydrogen-bond acceptors (Lipinski definition) is 5. The molecule has 1 saturated heterocycles. The number of benzene rings is 1. The van der Waals surface area contributed by atoms with Gasteiger partial charge in [-0.05, 0) is 38.0 Å². The second kappa shape index (κ2) is 9.65. The Kier molecular flexibility index (Phi) is 6.97. The lowest BCUT2D eigenvalue weighted by atomic mass is 10.1. The van der Waals surface area contributed by atoms with Gasteiger partial charge in [0.15, 0.2) is 0 Å². The zero-order valence-corrected chi connectivity index (χ0v) is 18.3. The van der Waals surface area contributed by atoms with Crippen molar-refractivity contribution < 1.29 is 14.1 Å². The molecule has 1 aromatic heterocycles. The Labute approximate surface area is 177 Å². The maximum absolute atomic E-state index is 12.6. The van der Waals surface area contributed by atoms with Crippen molar-refractivity contribution in [3.8, 4) is 0 Å². The lowest BCUT2D eigenvalue weighted by molar-refractivity contribution is -0.131. The van der Waals surface area contributed by atoms with Crippen LogP contribution in [-0.4, -0.2) is 73.7 Å². The normalized spacial score (nSPS) is 14.0. The molecule has 8 nitrogen and oxygen atoms in total. The van der Waals surface area contributed by atoms with E-state index in [0.29, 0.717) is 44.9 Å². The quantitative estimate of drug-likeness (QED) is 0.783. The van der Waals surface area contributed by atoms with Gasteiger partial charge in [-0.3, -0.25) is 4.79 Å². The summed E-state index contributed by atoms with van der Waals surface area (Å²) in [4.78, 5) is 30.7.